The van der Waals surface area contributed by atoms with Gasteiger partial charge in [0.1, 0.15) is 0 Å². The van der Waals surface area contributed by atoms with Gasteiger partial charge in [-0.05, 0) is 45.1 Å². The smallest absolute Gasteiger partial charge is 0.253 e. The first kappa shape index (κ1) is 18.2. The molecule has 7 heteroatoms. The van der Waals surface area contributed by atoms with Crippen molar-refractivity contribution >= 4 is 23.4 Å². The highest BCUT2D eigenvalue weighted by atomic mass is 32.2. The van der Waals surface area contributed by atoms with E-state index < -0.39 is 0 Å². The van der Waals surface area contributed by atoms with E-state index in [-0.39, 0.29) is 17.2 Å². The van der Waals surface area contributed by atoms with Crippen LogP contribution >= 0.6 is 11.8 Å². The number of aryl methyl sites for hydroxylation is 2. The van der Waals surface area contributed by atoms with Gasteiger partial charge in [-0.3, -0.25) is 4.79 Å². The maximum Gasteiger partial charge on any atom is 0.253 e. The summed E-state index contributed by atoms with van der Waals surface area (Å²) < 4.78 is 1.73. The molecule has 0 aromatic carbocycles. The zero-order chi connectivity index (χ0) is 18.1. The molecule has 0 saturated heterocycles. The second-order valence-electron chi connectivity index (χ2n) is 7.29. The van der Waals surface area contributed by atoms with Crippen LogP contribution in [0.3, 0.4) is 0 Å². The summed E-state index contributed by atoms with van der Waals surface area (Å²) in [6.07, 6.45) is 3.52. The first-order valence-electron chi connectivity index (χ1n) is 9.03. The summed E-state index contributed by atoms with van der Waals surface area (Å²) in [6, 6.07) is 2.25. The van der Waals surface area contributed by atoms with E-state index in [0.29, 0.717) is 22.8 Å². The lowest BCUT2D eigenvalue weighted by molar-refractivity contribution is -0.121. The maximum absolute atomic E-state index is 12.6. The zero-order valence-electron chi connectivity index (χ0n) is 15.6. The number of hydrogen-bond donors (Lipinski definition) is 1. The third-order valence-electron chi connectivity index (χ3n) is 5.28. The molecule has 0 radical (unpaired) electrons. The van der Waals surface area contributed by atoms with Gasteiger partial charge >= 0.3 is 0 Å². The number of thioether (sulfide) groups is 1. The molecule has 2 aromatic heterocycles. The van der Waals surface area contributed by atoms with Gasteiger partial charge in [-0.15, -0.1) is 5.10 Å². The number of hydrogen-bond acceptors (Lipinski definition) is 5. The summed E-state index contributed by atoms with van der Waals surface area (Å²) in [5.41, 5.74) is 1.91. The molecule has 2 aromatic rings. The van der Waals surface area contributed by atoms with Gasteiger partial charge in [-0.2, -0.15) is 4.98 Å². The Morgan fingerprint density at radius 1 is 1.32 bits per heavy atom. The minimum atomic E-state index is -0.233. The third kappa shape index (κ3) is 3.97. The number of carbonyl (C=O) groups excluding carboxylic acids is 1. The average molecular weight is 362 g/mol. The van der Waals surface area contributed by atoms with Crippen LogP contribution in [0, 0.1) is 25.7 Å². The van der Waals surface area contributed by atoms with E-state index in [9.17, 15) is 4.79 Å². The lowest BCUT2D eigenvalue weighted by Gasteiger charge is -2.35. The predicted molar refractivity (Wildman–Crippen MR) is 99.7 cm³/mol. The van der Waals surface area contributed by atoms with Crippen molar-refractivity contribution in [1.82, 2.24) is 24.9 Å². The number of amides is 1. The van der Waals surface area contributed by atoms with Crippen molar-refractivity contribution in [3.05, 3.63) is 17.5 Å². The van der Waals surface area contributed by atoms with Crippen molar-refractivity contribution in [2.75, 3.05) is 0 Å². The van der Waals surface area contributed by atoms with Crippen molar-refractivity contribution in [2.24, 2.45) is 11.8 Å². The van der Waals surface area contributed by atoms with Gasteiger partial charge in [0.15, 0.2) is 0 Å². The van der Waals surface area contributed by atoms with E-state index in [2.05, 4.69) is 34.2 Å². The number of nitrogens with one attached hydrogen (secondary N) is 1. The van der Waals surface area contributed by atoms with Gasteiger partial charge < -0.3 is 5.32 Å². The summed E-state index contributed by atoms with van der Waals surface area (Å²) in [6.45, 7) is 10.4. The lowest BCUT2D eigenvalue weighted by atomic mass is 9.78. The van der Waals surface area contributed by atoms with E-state index in [1.54, 1.807) is 4.52 Å². The van der Waals surface area contributed by atoms with E-state index in [0.717, 1.165) is 17.8 Å². The molecule has 3 rings (SSSR count). The standard InChI is InChI=1S/C18H27N5OS/c1-10-7-6-8-15(13(10)4)20-16(24)14(5)25-18-21-17-19-11(2)9-12(3)23(17)22-18/h9-10,13-15H,6-8H2,1-5H3,(H,20,24). The molecule has 6 nitrogen and oxygen atoms in total. The predicted octanol–water partition coefficient (Wildman–Crippen LogP) is 3.16. The van der Waals surface area contributed by atoms with Crippen LogP contribution in [0.2, 0.25) is 0 Å². The zero-order valence-corrected chi connectivity index (χ0v) is 16.4. The Balaban J connectivity index is 1.66. The van der Waals surface area contributed by atoms with Crippen molar-refractivity contribution in [2.45, 2.75) is 70.3 Å². The highest BCUT2D eigenvalue weighted by Gasteiger charge is 2.29. The Morgan fingerprint density at radius 2 is 2.08 bits per heavy atom. The summed E-state index contributed by atoms with van der Waals surface area (Å²) in [7, 11) is 0. The fraction of sp³-hybridized carbons (Fsp3) is 0.667. The third-order valence-corrected chi connectivity index (χ3v) is 6.24. The van der Waals surface area contributed by atoms with Crippen LogP contribution in [0.4, 0.5) is 0 Å². The van der Waals surface area contributed by atoms with Gasteiger partial charge in [0.25, 0.3) is 5.78 Å². The Kier molecular flexibility index (Phi) is 5.32. The Hall–Kier alpha value is -1.63. The van der Waals surface area contributed by atoms with Crippen LogP contribution in [0.1, 0.15) is 51.4 Å². The van der Waals surface area contributed by atoms with Crippen molar-refractivity contribution in [3.63, 3.8) is 0 Å². The number of fused-ring (bicyclic) bond motifs is 1. The molecule has 1 amide bonds. The van der Waals surface area contributed by atoms with Crippen LogP contribution < -0.4 is 5.32 Å². The first-order chi connectivity index (χ1) is 11.8. The first-order valence-corrected chi connectivity index (χ1v) is 9.91. The van der Waals surface area contributed by atoms with Gasteiger partial charge in [0.2, 0.25) is 11.1 Å². The van der Waals surface area contributed by atoms with Crippen LogP contribution in [0.15, 0.2) is 11.2 Å². The van der Waals surface area contributed by atoms with Gasteiger partial charge in [-0.25, -0.2) is 9.50 Å². The molecule has 4 atom stereocenters. The van der Waals surface area contributed by atoms with Crippen LogP contribution in [0.5, 0.6) is 0 Å². The molecular weight excluding hydrogens is 334 g/mol. The highest BCUT2D eigenvalue weighted by molar-refractivity contribution is 8.00. The minimum absolute atomic E-state index is 0.0654. The lowest BCUT2D eigenvalue weighted by Crippen LogP contribution is -2.46. The summed E-state index contributed by atoms with van der Waals surface area (Å²) in [4.78, 5) is 21.4. The normalized spacial score (nSPS) is 25.1. The van der Waals surface area contributed by atoms with Gasteiger partial charge in [0, 0.05) is 17.4 Å². The van der Waals surface area contributed by atoms with Crippen molar-refractivity contribution < 1.29 is 4.79 Å². The Morgan fingerprint density at radius 3 is 2.84 bits per heavy atom. The SMILES string of the molecule is Cc1cc(C)n2nc(SC(C)C(=O)NC3CCCC(C)C3C)nc2n1. The van der Waals surface area contributed by atoms with E-state index in [1.807, 2.05) is 26.8 Å². The molecule has 2 heterocycles. The fourth-order valence-electron chi connectivity index (χ4n) is 3.50. The molecule has 1 aliphatic rings. The number of rotatable bonds is 4. The molecule has 136 valence electrons. The van der Waals surface area contributed by atoms with Crippen LogP contribution in [0.25, 0.3) is 5.78 Å². The highest BCUT2D eigenvalue weighted by Crippen LogP contribution is 2.30. The fourth-order valence-corrected chi connectivity index (χ4v) is 4.25. The second kappa shape index (κ2) is 7.32. The number of aromatic nitrogens is 4. The molecule has 4 unspecified atom stereocenters. The Bertz CT molecular complexity index is 774. The minimum Gasteiger partial charge on any atom is -0.352 e. The molecule has 25 heavy (non-hydrogen) atoms. The topological polar surface area (TPSA) is 72.2 Å². The number of nitrogens with zero attached hydrogens (tertiary/aromatic N) is 4. The summed E-state index contributed by atoms with van der Waals surface area (Å²) in [5.74, 6) is 1.84. The molecule has 1 N–H and O–H groups in total. The van der Waals surface area contributed by atoms with Crippen molar-refractivity contribution in [3.8, 4) is 0 Å². The molecule has 0 spiro atoms. The van der Waals surface area contributed by atoms with Gasteiger partial charge in [0.05, 0.1) is 5.25 Å². The average Bonchev–Trinajstić information content (AvgIpc) is 2.94. The summed E-state index contributed by atoms with van der Waals surface area (Å²) in [5, 5.41) is 8.07. The molecule has 0 bridgehead atoms. The van der Waals surface area contributed by atoms with Crippen LogP contribution in [-0.2, 0) is 4.79 Å². The van der Waals surface area contributed by atoms with Crippen molar-refractivity contribution in [1.29, 1.82) is 0 Å². The molecular formula is C18H27N5OS. The quantitative estimate of drug-likeness (QED) is 0.847. The molecule has 1 fully saturated rings. The van der Waals surface area contributed by atoms with Crippen LogP contribution in [-0.4, -0.2) is 36.8 Å². The second-order valence-corrected chi connectivity index (χ2v) is 8.60. The van der Waals surface area contributed by atoms with E-state index in [4.69, 9.17) is 0 Å². The van der Waals surface area contributed by atoms with E-state index in [1.165, 1.54) is 24.6 Å². The molecule has 0 aliphatic heterocycles. The largest absolute Gasteiger partial charge is 0.352 e. The Labute approximate surface area is 153 Å². The molecule has 1 aliphatic carbocycles. The van der Waals surface area contributed by atoms with Gasteiger partial charge in [-0.1, -0.05) is 38.5 Å². The summed E-state index contributed by atoms with van der Waals surface area (Å²) >= 11 is 1.39. The number of carbonyl (C=O) groups is 1. The van der Waals surface area contributed by atoms with E-state index >= 15 is 0 Å². The molecule has 1 saturated carbocycles. The monoisotopic (exact) mass is 361 g/mol. The maximum atomic E-state index is 12.6.